The van der Waals surface area contributed by atoms with Crippen molar-refractivity contribution in [1.29, 1.82) is 0 Å². The first-order valence-electron chi connectivity index (χ1n) is 4.50. The molecule has 0 aromatic heterocycles. The van der Waals surface area contributed by atoms with Crippen LogP contribution in [0.25, 0.3) is 0 Å². The minimum atomic E-state index is -0.761. The molecule has 0 spiro atoms. The van der Waals surface area contributed by atoms with Gasteiger partial charge in [0.05, 0.1) is 5.92 Å². The van der Waals surface area contributed by atoms with Crippen LogP contribution in [0.4, 0.5) is 0 Å². The monoisotopic (exact) mass is 185 g/mol. The largest absolute Gasteiger partial charge is 0.481 e. The Morgan fingerprint density at radius 1 is 1.54 bits per heavy atom. The lowest BCUT2D eigenvalue weighted by Crippen LogP contribution is -2.56. The molecule has 4 nitrogen and oxygen atoms in total. The fourth-order valence-electron chi connectivity index (χ4n) is 1.73. The highest BCUT2D eigenvalue weighted by molar-refractivity contribution is 5.78. The van der Waals surface area contributed by atoms with Crippen molar-refractivity contribution in [3.05, 3.63) is 0 Å². The van der Waals surface area contributed by atoms with Crippen molar-refractivity contribution < 1.29 is 14.7 Å². The smallest absolute Gasteiger partial charge is 0.306 e. The average molecular weight is 185 g/mol. The molecule has 0 radical (unpaired) electrons. The Morgan fingerprint density at radius 3 is 2.46 bits per heavy atom. The van der Waals surface area contributed by atoms with Crippen molar-refractivity contribution in [3.8, 4) is 0 Å². The number of hydrogen-bond acceptors (Lipinski definition) is 2. The number of amides is 1. The van der Waals surface area contributed by atoms with E-state index in [2.05, 4.69) is 5.32 Å². The molecule has 0 saturated heterocycles. The number of carbonyl (C=O) groups is 2. The third kappa shape index (κ3) is 2.20. The second-order valence-corrected chi connectivity index (χ2v) is 3.91. The molecule has 1 aliphatic carbocycles. The summed E-state index contributed by atoms with van der Waals surface area (Å²) < 4.78 is 0. The van der Waals surface area contributed by atoms with E-state index < -0.39 is 5.97 Å². The molecule has 1 saturated carbocycles. The molecule has 0 heterocycles. The lowest BCUT2D eigenvalue weighted by molar-refractivity contribution is -0.148. The lowest BCUT2D eigenvalue weighted by atomic mass is 9.69. The Balaban J connectivity index is 2.38. The van der Waals surface area contributed by atoms with Gasteiger partial charge < -0.3 is 10.4 Å². The van der Waals surface area contributed by atoms with Gasteiger partial charge in [-0.2, -0.15) is 0 Å². The number of rotatable bonds is 3. The van der Waals surface area contributed by atoms with Gasteiger partial charge in [-0.05, 0) is 19.8 Å². The number of hydrogen-bond donors (Lipinski definition) is 2. The molecule has 0 aromatic rings. The maximum Gasteiger partial charge on any atom is 0.306 e. The standard InChI is InChI=1S/C9H15NO3/c1-3-7(11)10-9(2)4-6(5-9)8(12)13/h6H,3-5H2,1-2H3,(H,10,11)(H,12,13). The van der Waals surface area contributed by atoms with Gasteiger partial charge in [-0.3, -0.25) is 9.59 Å². The summed E-state index contributed by atoms with van der Waals surface area (Å²) in [5.74, 6) is -1.04. The highest BCUT2D eigenvalue weighted by atomic mass is 16.4. The topological polar surface area (TPSA) is 66.4 Å². The van der Waals surface area contributed by atoms with Gasteiger partial charge in [0.1, 0.15) is 0 Å². The van der Waals surface area contributed by atoms with E-state index in [-0.39, 0.29) is 17.4 Å². The molecule has 0 aromatic carbocycles. The SMILES string of the molecule is CCC(=O)NC1(C)CC(C(=O)O)C1. The molecule has 13 heavy (non-hydrogen) atoms. The van der Waals surface area contributed by atoms with E-state index in [0.29, 0.717) is 19.3 Å². The molecule has 0 aliphatic heterocycles. The predicted molar refractivity (Wildman–Crippen MR) is 47.2 cm³/mol. The van der Waals surface area contributed by atoms with Crippen LogP contribution in [-0.4, -0.2) is 22.5 Å². The Morgan fingerprint density at radius 2 is 2.08 bits per heavy atom. The second kappa shape index (κ2) is 3.36. The van der Waals surface area contributed by atoms with Crippen LogP contribution in [-0.2, 0) is 9.59 Å². The van der Waals surface area contributed by atoms with E-state index in [0.717, 1.165) is 0 Å². The Bertz CT molecular complexity index is 231. The molecule has 0 atom stereocenters. The lowest BCUT2D eigenvalue weighted by Gasteiger charge is -2.43. The third-order valence-corrected chi connectivity index (χ3v) is 2.51. The van der Waals surface area contributed by atoms with Crippen LogP contribution in [0.15, 0.2) is 0 Å². The van der Waals surface area contributed by atoms with Gasteiger partial charge in [0, 0.05) is 12.0 Å². The quantitative estimate of drug-likeness (QED) is 0.682. The minimum absolute atomic E-state index is 0.00802. The van der Waals surface area contributed by atoms with Crippen LogP contribution >= 0.6 is 0 Å². The van der Waals surface area contributed by atoms with E-state index in [1.165, 1.54) is 0 Å². The van der Waals surface area contributed by atoms with Crippen LogP contribution in [0.5, 0.6) is 0 Å². The number of carboxylic acid groups (broad SMARTS) is 1. The van der Waals surface area contributed by atoms with Crippen LogP contribution in [0.1, 0.15) is 33.1 Å². The molecule has 2 N–H and O–H groups in total. The molecule has 1 amide bonds. The maximum absolute atomic E-state index is 11.0. The van der Waals surface area contributed by atoms with E-state index >= 15 is 0 Å². The van der Waals surface area contributed by atoms with Gasteiger partial charge >= 0.3 is 5.97 Å². The highest BCUT2D eigenvalue weighted by Gasteiger charge is 2.44. The van der Waals surface area contributed by atoms with Crippen molar-refractivity contribution >= 4 is 11.9 Å². The van der Waals surface area contributed by atoms with Crippen LogP contribution < -0.4 is 5.32 Å². The van der Waals surface area contributed by atoms with Crippen molar-refractivity contribution in [2.75, 3.05) is 0 Å². The molecule has 4 heteroatoms. The van der Waals surface area contributed by atoms with Crippen molar-refractivity contribution in [2.24, 2.45) is 5.92 Å². The molecule has 74 valence electrons. The van der Waals surface area contributed by atoms with E-state index in [1.807, 2.05) is 6.92 Å². The summed E-state index contributed by atoms with van der Waals surface area (Å²) in [5, 5.41) is 11.5. The first-order chi connectivity index (χ1) is 5.97. The van der Waals surface area contributed by atoms with Gasteiger partial charge in [-0.25, -0.2) is 0 Å². The van der Waals surface area contributed by atoms with Crippen LogP contribution in [0, 0.1) is 5.92 Å². The predicted octanol–water partition coefficient (Wildman–Crippen LogP) is 0.766. The zero-order valence-corrected chi connectivity index (χ0v) is 7.96. The molecular formula is C9H15NO3. The van der Waals surface area contributed by atoms with E-state index in [4.69, 9.17) is 5.11 Å². The van der Waals surface area contributed by atoms with Crippen molar-refractivity contribution in [3.63, 3.8) is 0 Å². The maximum atomic E-state index is 11.0. The third-order valence-electron chi connectivity index (χ3n) is 2.51. The van der Waals surface area contributed by atoms with Gasteiger partial charge in [0.15, 0.2) is 0 Å². The minimum Gasteiger partial charge on any atom is -0.481 e. The highest BCUT2D eigenvalue weighted by Crippen LogP contribution is 2.37. The Labute approximate surface area is 77.3 Å². The molecule has 0 bridgehead atoms. The fraction of sp³-hybridized carbons (Fsp3) is 0.778. The number of carbonyl (C=O) groups excluding carboxylic acids is 1. The summed E-state index contributed by atoms with van der Waals surface area (Å²) >= 11 is 0. The normalized spacial score (nSPS) is 32.0. The van der Waals surface area contributed by atoms with Gasteiger partial charge in [0.2, 0.25) is 5.91 Å². The number of aliphatic carboxylic acids is 1. The van der Waals surface area contributed by atoms with E-state index in [9.17, 15) is 9.59 Å². The Hall–Kier alpha value is -1.06. The van der Waals surface area contributed by atoms with Crippen molar-refractivity contribution in [1.82, 2.24) is 5.32 Å². The van der Waals surface area contributed by atoms with Crippen molar-refractivity contribution in [2.45, 2.75) is 38.6 Å². The fourth-order valence-corrected chi connectivity index (χ4v) is 1.73. The first-order valence-corrected chi connectivity index (χ1v) is 4.50. The average Bonchev–Trinajstić information content (AvgIpc) is 1.99. The zero-order valence-electron chi connectivity index (χ0n) is 7.96. The Kier molecular flexibility index (Phi) is 2.59. The van der Waals surface area contributed by atoms with Crippen LogP contribution in [0.3, 0.4) is 0 Å². The summed E-state index contributed by atoms with van der Waals surface area (Å²) in [4.78, 5) is 21.6. The second-order valence-electron chi connectivity index (χ2n) is 3.91. The van der Waals surface area contributed by atoms with E-state index in [1.54, 1.807) is 6.92 Å². The van der Waals surface area contributed by atoms with Gasteiger partial charge in [0.25, 0.3) is 0 Å². The van der Waals surface area contributed by atoms with Gasteiger partial charge in [-0.1, -0.05) is 6.92 Å². The summed E-state index contributed by atoms with van der Waals surface area (Å²) in [6.45, 7) is 3.67. The molecule has 1 rings (SSSR count). The summed E-state index contributed by atoms with van der Waals surface area (Å²) in [6.07, 6.45) is 1.55. The molecular weight excluding hydrogens is 170 g/mol. The summed E-state index contributed by atoms with van der Waals surface area (Å²) in [6, 6.07) is 0. The molecule has 1 aliphatic rings. The molecule has 0 unspecified atom stereocenters. The first kappa shape index (κ1) is 10.0. The molecule has 1 fully saturated rings. The zero-order chi connectivity index (χ0) is 10.1. The van der Waals surface area contributed by atoms with Crippen LogP contribution in [0.2, 0.25) is 0 Å². The summed E-state index contributed by atoms with van der Waals surface area (Å²) in [5.41, 5.74) is -0.282. The van der Waals surface area contributed by atoms with Gasteiger partial charge in [-0.15, -0.1) is 0 Å². The summed E-state index contributed by atoms with van der Waals surface area (Å²) in [7, 11) is 0. The number of nitrogens with one attached hydrogen (secondary N) is 1. The number of carboxylic acids is 1.